The molecule has 5 heteroatoms. The Morgan fingerprint density at radius 2 is 2.33 bits per heavy atom. The summed E-state index contributed by atoms with van der Waals surface area (Å²) in [6.07, 6.45) is 0.763. The average molecular weight is 220 g/mol. The van der Waals surface area contributed by atoms with Gasteiger partial charge in [0.1, 0.15) is 16.3 Å². The summed E-state index contributed by atoms with van der Waals surface area (Å²) in [5.74, 6) is 0.734. The SMILES string of the molecule is COc1cccc(-c2nnsc2C=O)c1. The maximum Gasteiger partial charge on any atom is 0.163 e. The van der Waals surface area contributed by atoms with Gasteiger partial charge in [0.15, 0.2) is 6.29 Å². The maximum atomic E-state index is 10.7. The van der Waals surface area contributed by atoms with Crippen LogP contribution in [0.2, 0.25) is 0 Å². The van der Waals surface area contributed by atoms with Gasteiger partial charge in [0.05, 0.1) is 7.11 Å². The molecule has 76 valence electrons. The number of carbonyl (C=O) groups is 1. The monoisotopic (exact) mass is 220 g/mol. The largest absolute Gasteiger partial charge is 0.497 e. The fourth-order valence-electron chi connectivity index (χ4n) is 1.25. The molecular weight excluding hydrogens is 212 g/mol. The number of aldehydes is 1. The van der Waals surface area contributed by atoms with Crippen molar-refractivity contribution in [2.45, 2.75) is 0 Å². The predicted octanol–water partition coefficient (Wildman–Crippen LogP) is 2.03. The zero-order valence-corrected chi connectivity index (χ0v) is 8.82. The number of benzene rings is 1. The fraction of sp³-hybridized carbons (Fsp3) is 0.100. The summed E-state index contributed by atoms with van der Waals surface area (Å²) in [6, 6.07) is 7.38. The lowest BCUT2D eigenvalue weighted by Gasteiger charge is -2.01. The van der Waals surface area contributed by atoms with Gasteiger partial charge in [0.2, 0.25) is 0 Å². The predicted molar refractivity (Wildman–Crippen MR) is 57.3 cm³/mol. The van der Waals surface area contributed by atoms with Gasteiger partial charge in [-0.2, -0.15) is 0 Å². The number of aromatic nitrogens is 2. The number of ether oxygens (including phenoxy) is 1. The number of methoxy groups -OCH3 is 1. The van der Waals surface area contributed by atoms with Gasteiger partial charge in [-0.3, -0.25) is 4.79 Å². The Labute approximate surface area is 90.7 Å². The Morgan fingerprint density at radius 3 is 3.07 bits per heavy atom. The summed E-state index contributed by atoms with van der Waals surface area (Å²) in [7, 11) is 1.60. The second kappa shape index (κ2) is 4.18. The molecule has 0 atom stereocenters. The fourth-order valence-corrected chi connectivity index (χ4v) is 1.74. The van der Waals surface area contributed by atoms with Gasteiger partial charge in [-0.05, 0) is 23.7 Å². The number of carbonyl (C=O) groups excluding carboxylic acids is 1. The molecule has 2 aromatic rings. The summed E-state index contributed by atoms with van der Waals surface area (Å²) >= 11 is 1.09. The van der Waals surface area contributed by atoms with E-state index in [9.17, 15) is 4.79 Å². The van der Waals surface area contributed by atoms with Crippen molar-refractivity contribution in [2.24, 2.45) is 0 Å². The smallest absolute Gasteiger partial charge is 0.163 e. The van der Waals surface area contributed by atoms with Crippen LogP contribution in [0.3, 0.4) is 0 Å². The van der Waals surface area contributed by atoms with Gasteiger partial charge in [-0.15, -0.1) is 5.10 Å². The lowest BCUT2D eigenvalue weighted by molar-refractivity contribution is 0.112. The van der Waals surface area contributed by atoms with E-state index in [1.54, 1.807) is 7.11 Å². The Bertz CT molecular complexity index is 482. The van der Waals surface area contributed by atoms with Crippen LogP contribution >= 0.6 is 11.5 Å². The first-order valence-corrected chi connectivity index (χ1v) is 5.04. The summed E-state index contributed by atoms with van der Waals surface area (Å²) in [6.45, 7) is 0. The minimum atomic E-state index is 0.531. The zero-order valence-electron chi connectivity index (χ0n) is 8.01. The van der Waals surface area contributed by atoms with Crippen molar-refractivity contribution in [1.82, 2.24) is 9.59 Å². The number of rotatable bonds is 3. The third-order valence-electron chi connectivity index (χ3n) is 1.96. The highest BCUT2D eigenvalue weighted by molar-refractivity contribution is 7.07. The van der Waals surface area contributed by atoms with Crippen molar-refractivity contribution in [3.05, 3.63) is 29.1 Å². The van der Waals surface area contributed by atoms with Gasteiger partial charge < -0.3 is 4.74 Å². The van der Waals surface area contributed by atoms with Gasteiger partial charge >= 0.3 is 0 Å². The first-order chi connectivity index (χ1) is 7.35. The van der Waals surface area contributed by atoms with Crippen molar-refractivity contribution >= 4 is 17.8 Å². The average Bonchev–Trinajstić information content (AvgIpc) is 2.77. The van der Waals surface area contributed by atoms with Crippen molar-refractivity contribution in [3.63, 3.8) is 0 Å². The van der Waals surface area contributed by atoms with Crippen LogP contribution in [-0.4, -0.2) is 23.0 Å². The molecule has 0 radical (unpaired) electrons. The Hall–Kier alpha value is -1.75. The molecule has 0 saturated heterocycles. The highest BCUT2D eigenvalue weighted by Crippen LogP contribution is 2.25. The van der Waals surface area contributed by atoms with Crippen LogP contribution in [0.4, 0.5) is 0 Å². The lowest BCUT2D eigenvalue weighted by Crippen LogP contribution is -1.86. The Kier molecular flexibility index (Phi) is 2.73. The highest BCUT2D eigenvalue weighted by atomic mass is 32.1. The van der Waals surface area contributed by atoms with Crippen molar-refractivity contribution < 1.29 is 9.53 Å². The Morgan fingerprint density at radius 1 is 1.47 bits per heavy atom. The molecule has 1 aromatic heterocycles. The molecule has 15 heavy (non-hydrogen) atoms. The van der Waals surface area contributed by atoms with Crippen LogP contribution in [0.25, 0.3) is 11.3 Å². The number of hydrogen-bond donors (Lipinski definition) is 0. The molecule has 0 bridgehead atoms. The second-order valence-electron chi connectivity index (χ2n) is 2.84. The normalized spacial score (nSPS) is 9.93. The van der Waals surface area contributed by atoms with Gasteiger partial charge in [0.25, 0.3) is 0 Å². The lowest BCUT2D eigenvalue weighted by atomic mass is 10.1. The molecule has 4 nitrogen and oxygen atoms in total. The summed E-state index contributed by atoms with van der Waals surface area (Å²) < 4.78 is 8.84. The first kappa shape index (κ1) is 9.79. The highest BCUT2D eigenvalue weighted by Gasteiger charge is 2.09. The third-order valence-corrected chi connectivity index (χ3v) is 2.61. The van der Waals surface area contributed by atoms with Crippen LogP contribution < -0.4 is 4.74 Å². The van der Waals surface area contributed by atoms with Crippen molar-refractivity contribution in [1.29, 1.82) is 0 Å². The summed E-state index contributed by atoms with van der Waals surface area (Å²) in [5.41, 5.74) is 1.44. The van der Waals surface area contributed by atoms with E-state index in [1.165, 1.54) is 0 Å². The standard InChI is InChI=1S/C10H8N2O2S/c1-14-8-4-2-3-7(5-8)10-9(6-13)15-12-11-10/h2-6H,1H3. The van der Waals surface area contributed by atoms with E-state index < -0.39 is 0 Å². The van der Waals surface area contributed by atoms with Crippen molar-refractivity contribution in [3.8, 4) is 17.0 Å². The quantitative estimate of drug-likeness (QED) is 0.742. The van der Waals surface area contributed by atoms with E-state index in [0.717, 1.165) is 29.1 Å². The maximum absolute atomic E-state index is 10.7. The van der Waals surface area contributed by atoms with Crippen molar-refractivity contribution in [2.75, 3.05) is 7.11 Å². The summed E-state index contributed by atoms with van der Waals surface area (Å²) in [4.78, 5) is 11.2. The van der Waals surface area contributed by atoms with Gasteiger partial charge in [-0.25, -0.2) is 0 Å². The molecule has 0 unspecified atom stereocenters. The third kappa shape index (κ3) is 1.87. The molecule has 0 N–H and O–H groups in total. The molecule has 1 heterocycles. The first-order valence-electron chi connectivity index (χ1n) is 4.27. The Balaban J connectivity index is 2.48. The second-order valence-corrected chi connectivity index (χ2v) is 3.62. The van der Waals surface area contributed by atoms with Gasteiger partial charge in [0, 0.05) is 5.56 Å². The molecule has 0 fully saturated rings. The molecule has 1 aromatic carbocycles. The summed E-state index contributed by atoms with van der Waals surface area (Å²) in [5, 5.41) is 3.91. The molecular formula is C10H8N2O2S. The molecule has 0 aliphatic rings. The topological polar surface area (TPSA) is 52.1 Å². The number of hydrogen-bond acceptors (Lipinski definition) is 5. The molecule has 0 spiro atoms. The molecule has 2 rings (SSSR count). The van der Waals surface area contributed by atoms with Gasteiger partial charge in [-0.1, -0.05) is 16.6 Å². The van der Waals surface area contributed by atoms with Crippen LogP contribution in [-0.2, 0) is 0 Å². The van der Waals surface area contributed by atoms with Crippen LogP contribution in [0.15, 0.2) is 24.3 Å². The van der Waals surface area contributed by atoms with Crippen LogP contribution in [0, 0.1) is 0 Å². The van der Waals surface area contributed by atoms with Crippen LogP contribution in [0.5, 0.6) is 5.75 Å². The minimum absolute atomic E-state index is 0.531. The van der Waals surface area contributed by atoms with Crippen LogP contribution in [0.1, 0.15) is 9.67 Å². The zero-order chi connectivity index (χ0) is 10.7. The number of nitrogens with zero attached hydrogens (tertiary/aromatic N) is 2. The van der Waals surface area contributed by atoms with E-state index >= 15 is 0 Å². The molecule has 0 aliphatic heterocycles. The molecule has 0 aliphatic carbocycles. The van der Waals surface area contributed by atoms with E-state index in [2.05, 4.69) is 9.59 Å². The minimum Gasteiger partial charge on any atom is -0.497 e. The van der Waals surface area contributed by atoms with E-state index in [-0.39, 0.29) is 0 Å². The molecule has 0 amide bonds. The van der Waals surface area contributed by atoms with E-state index in [0.29, 0.717) is 10.6 Å². The molecule has 0 saturated carbocycles. The van der Waals surface area contributed by atoms with E-state index in [1.807, 2.05) is 24.3 Å². The van der Waals surface area contributed by atoms with E-state index in [4.69, 9.17) is 4.74 Å².